The van der Waals surface area contributed by atoms with Crippen LogP contribution in [0.4, 0.5) is 5.82 Å². The fraction of sp³-hybridized carbons (Fsp3) is 0.583. The Morgan fingerprint density at radius 3 is 3.31 bits per heavy atom. The third-order valence-electron chi connectivity index (χ3n) is 2.65. The molecule has 0 aromatic carbocycles. The van der Waals surface area contributed by atoms with Gasteiger partial charge in [-0.05, 0) is 25.5 Å². The maximum atomic E-state index is 5.50. The van der Waals surface area contributed by atoms with E-state index in [1.54, 1.807) is 6.20 Å². The van der Waals surface area contributed by atoms with Crippen LogP contribution in [0.5, 0.6) is 5.75 Å². The van der Waals surface area contributed by atoms with Gasteiger partial charge in [0.2, 0.25) is 0 Å². The van der Waals surface area contributed by atoms with Crippen LogP contribution in [0.2, 0.25) is 0 Å². The van der Waals surface area contributed by atoms with Crippen LogP contribution in [0.3, 0.4) is 0 Å². The highest BCUT2D eigenvalue weighted by molar-refractivity contribution is 5.49. The topological polar surface area (TPSA) is 43.4 Å². The molecule has 4 heteroatoms. The molecule has 0 amide bonds. The van der Waals surface area contributed by atoms with Gasteiger partial charge >= 0.3 is 0 Å². The number of anilines is 1. The molecule has 2 rings (SSSR count). The van der Waals surface area contributed by atoms with Crippen molar-refractivity contribution >= 4 is 5.82 Å². The first-order valence-corrected chi connectivity index (χ1v) is 5.79. The molecule has 1 aromatic rings. The molecule has 88 valence electrons. The Bertz CT molecular complexity index is 325. The van der Waals surface area contributed by atoms with Crippen LogP contribution in [-0.2, 0) is 4.74 Å². The van der Waals surface area contributed by atoms with E-state index < -0.39 is 0 Å². The van der Waals surface area contributed by atoms with Crippen LogP contribution in [0, 0.1) is 5.92 Å². The summed E-state index contributed by atoms with van der Waals surface area (Å²) < 4.78 is 10.8. The van der Waals surface area contributed by atoms with Gasteiger partial charge in [0.25, 0.3) is 0 Å². The van der Waals surface area contributed by atoms with Crippen molar-refractivity contribution in [3.8, 4) is 5.75 Å². The van der Waals surface area contributed by atoms with Crippen LogP contribution in [0.15, 0.2) is 18.3 Å². The molecule has 1 aromatic heterocycles. The van der Waals surface area contributed by atoms with Crippen molar-refractivity contribution in [2.24, 2.45) is 5.92 Å². The zero-order valence-corrected chi connectivity index (χ0v) is 9.61. The van der Waals surface area contributed by atoms with E-state index in [4.69, 9.17) is 9.47 Å². The SMILES string of the molecule is CCOc1cccnc1NCC1CCOC1. The van der Waals surface area contributed by atoms with E-state index in [0.717, 1.165) is 37.7 Å². The minimum Gasteiger partial charge on any atom is -0.490 e. The summed E-state index contributed by atoms with van der Waals surface area (Å²) in [5.41, 5.74) is 0. The Morgan fingerprint density at radius 2 is 2.56 bits per heavy atom. The number of aromatic nitrogens is 1. The van der Waals surface area contributed by atoms with Crippen LogP contribution >= 0.6 is 0 Å². The molecular weight excluding hydrogens is 204 g/mol. The average Bonchev–Trinajstić information content (AvgIpc) is 2.81. The van der Waals surface area contributed by atoms with Gasteiger partial charge in [0, 0.05) is 25.3 Å². The van der Waals surface area contributed by atoms with Crippen molar-refractivity contribution in [3.05, 3.63) is 18.3 Å². The summed E-state index contributed by atoms with van der Waals surface area (Å²) in [6.45, 7) is 5.27. The van der Waals surface area contributed by atoms with Crippen LogP contribution < -0.4 is 10.1 Å². The Kier molecular flexibility index (Phi) is 3.99. The van der Waals surface area contributed by atoms with E-state index in [1.165, 1.54) is 0 Å². The van der Waals surface area contributed by atoms with Crippen molar-refractivity contribution in [3.63, 3.8) is 0 Å². The minimum absolute atomic E-state index is 0.594. The highest BCUT2D eigenvalue weighted by atomic mass is 16.5. The Morgan fingerprint density at radius 1 is 1.62 bits per heavy atom. The molecule has 4 nitrogen and oxygen atoms in total. The summed E-state index contributed by atoms with van der Waals surface area (Å²) in [6, 6.07) is 3.82. The molecule has 0 radical (unpaired) electrons. The molecule has 0 spiro atoms. The molecule has 16 heavy (non-hydrogen) atoms. The molecule has 1 fully saturated rings. The summed E-state index contributed by atoms with van der Waals surface area (Å²) in [5, 5.41) is 3.32. The normalized spacial score (nSPS) is 19.7. The fourth-order valence-electron chi connectivity index (χ4n) is 1.78. The van der Waals surface area contributed by atoms with Gasteiger partial charge in [0.05, 0.1) is 13.2 Å². The number of pyridine rings is 1. The number of rotatable bonds is 5. The van der Waals surface area contributed by atoms with Crippen molar-refractivity contribution in [2.45, 2.75) is 13.3 Å². The quantitative estimate of drug-likeness (QED) is 0.826. The Labute approximate surface area is 96.0 Å². The monoisotopic (exact) mass is 222 g/mol. The van der Waals surface area contributed by atoms with E-state index in [2.05, 4.69) is 10.3 Å². The molecular formula is C12H18N2O2. The maximum absolute atomic E-state index is 5.50. The first-order chi connectivity index (χ1) is 7.90. The minimum atomic E-state index is 0.594. The van der Waals surface area contributed by atoms with Crippen LogP contribution in [0.1, 0.15) is 13.3 Å². The number of hydrogen-bond acceptors (Lipinski definition) is 4. The second-order valence-electron chi connectivity index (χ2n) is 3.89. The summed E-state index contributed by atoms with van der Waals surface area (Å²) in [4.78, 5) is 4.28. The van der Waals surface area contributed by atoms with Gasteiger partial charge in [-0.1, -0.05) is 0 Å². The molecule has 0 saturated carbocycles. The molecule has 1 atom stereocenters. The van der Waals surface area contributed by atoms with Gasteiger partial charge in [0.15, 0.2) is 11.6 Å². The first-order valence-electron chi connectivity index (χ1n) is 5.79. The third-order valence-corrected chi connectivity index (χ3v) is 2.65. The van der Waals surface area contributed by atoms with Gasteiger partial charge in [-0.2, -0.15) is 0 Å². The molecule has 1 saturated heterocycles. The summed E-state index contributed by atoms with van der Waals surface area (Å²) in [5.74, 6) is 2.25. The van der Waals surface area contributed by atoms with Gasteiger partial charge in [0.1, 0.15) is 0 Å². The number of nitrogens with zero attached hydrogens (tertiary/aromatic N) is 1. The van der Waals surface area contributed by atoms with Crippen molar-refractivity contribution in [1.82, 2.24) is 4.98 Å². The van der Waals surface area contributed by atoms with Gasteiger partial charge in [-0.25, -0.2) is 4.98 Å². The fourth-order valence-corrected chi connectivity index (χ4v) is 1.78. The standard InChI is InChI=1S/C12H18N2O2/c1-2-16-11-4-3-6-13-12(11)14-8-10-5-7-15-9-10/h3-4,6,10H,2,5,7-9H2,1H3,(H,13,14). The molecule has 1 aliphatic rings. The Hall–Kier alpha value is -1.29. The second-order valence-corrected chi connectivity index (χ2v) is 3.89. The van der Waals surface area contributed by atoms with Crippen LogP contribution in [0.25, 0.3) is 0 Å². The van der Waals surface area contributed by atoms with Gasteiger partial charge in [-0.15, -0.1) is 0 Å². The van der Waals surface area contributed by atoms with Gasteiger partial charge < -0.3 is 14.8 Å². The summed E-state index contributed by atoms with van der Waals surface area (Å²) >= 11 is 0. The number of ether oxygens (including phenoxy) is 2. The van der Waals surface area contributed by atoms with Crippen molar-refractivity contribution in [1.29, 1.82) is 0 Å². The van der Waals surface area contributed by atoms with Crippen molar-refractivity contribution in [2.75, 3.05) is 31.7 Å². The maximum Gasteiger partial charge on any atom is 0.168 e. The van der Waals surface area contributed by atoms with E-state index in [9.17, 15) is 0 Å². The van der Waals surface area contributed by atoms with Crippen molar-refractivity contribution < 1.29 is 9.47 Å². The summed E-state index contributed by atoms with van der Waals surface area (Å²) in [7, 11) is 0. The first kappa shape index (κ1) is 11.2. The molecule has 0 bridgehead atoms. The lowest BCUT2D eigenvalue weighted by molar-refractivity contribution is 0.187. The molecule has 1 unspecified atom stereocenters. The Balaban J connectivity index is 1.91. The largest absolute Gasteiger partial charge is 0.490 e. The average molecular weight is 222 g/mol. The van der Waals surface area contributed by atoms with E-state index in [-0.39, 0.29) is 0 Å². The van der Waals surface area contributed by atoms with Gasteiger partial charge in [-0.3, -0.25) is 0 Å². The third kappa shape index (κ3) is 2.85. The number of nitrogens with one attached hydrogen (secondary N) is 1. The summed E-state index contributed by atoms with van der Waals surface area (Å²) in [6.07, 6.45) is 2.90. The lowest BCUT2D eigenvalue weighted by atomic mass is 10.1. The zero-order valence-electron chi connectivity index (χ0n) is 9.61. The zero-order chi connectivity index (χ0) is 11.2. The predicted molar refractivity (Wildman–Crippen MR) is 62.8 cm³/mol. The van der Waals surface area contributed by atoms with E-state index >= 15 is 0 Å². The van der Waals surface area contributed by atoms with Crippen LogP contribution in [-0.4, -0.2) is 31.3 Å². The predicted octanol–water partition coefficient (Wildman–Crippen LogP) is 1.93. The molecule has 1 N–H and O–H groups in total. The highest BCUT2D eigenvalue weighted by Crippen LogP contribution is 2.22. The second kappa shape index (κ2) is 5.70. The lowest BCUT2D eigenvalue weighted by Crippen LogP contribution is -2.15. The molecule has 0 aliphatic carbocycles. The highest BCUT2D eigenvalue weighted by Gasteiger charge is 2.16. The smallest absolute Gasteiger partial charge is 0.168 e. The molecule has 1 aliphatic heterocycles. The lowest BCUT2D eigenvalue weighted by Gasteiger charge is -2.13. The number of hydrogen-bond donors (Lipinski definition) is 1. The van der Waals surface area contributed by atoms with E-state index in [0.29, 0.717) is 12.5 Å². The molecule has 2 heterocycles. The van der Waals surface area contributed by atoms with E-state index in [1.807, 2.05) is 19.1 Å².